The summed E-state index contributed by atoms with van der Waals surface area (Å²) in [5, 5.41) is 1.76. The van der Waals surface area contributed by atoms with Crippen LogP contribution in [0.1, 0.15) is 37.0 Å². The average Bonchev–Trinajstić information content (AvgIpc) is 3.13. The Kier molecular flexibility index (Phi) is 6.33. The summed E-state index contributed by atoms with van der Waals surface area (Å²) >= 11 is 1.42. The molecular formula is C21H25N3O4S2. The van der Waals surface area contributed by atoms with Gasteiger partial charge >= 0.3 is 0 Å². The van der Waals surface area contributed by atoms with Gasteiger partial charge in [-0.15, -0.1) is 11.3 Å². The fraction of sp³-hybridized carbons (Fsp3) is 0.333. The molecule has 0 atom stereocenters. The molecule has 2 heterocycles. The summed E-state index contributed by atoms with van der Waals surface area (Å²) in [4.78, 5) is 9.75. The zero-order chi connectivity index (χ0) is 21.9. The molecule has 0 unspecified atom stereocenters. The van der Waals surface area contributed by atoms with Gasteiger partial charge in [-0.3, -0.25) is 4.72 Å². The van der Waals surface area contributed by atoms with E-state index in [0.717, 1.165) is 10.4 Å². The minimum Gasteiger partial charge on any atom is -0.481 e. The maximum absolute atomic E-state index is 12.7. The van der Waals surface area contributed by atoms with Crippen molar-refractivity contribution in [3.63, 3.8) is 0 Å². The Hall–Kier alpha value is -2.65. The smallest absolute Gasteiger partial charge is 0.261 e. The third kappa shape index (κ3) is 5.28. The molecule has 3 aromatic rings. The number of hydrogen-bond acceptors (Lipinski definition) is 7. The fourth-order valence-corrected chi connectivity index (χ4v) is 4.70. The van der Waals surface area contributed by atoms with Gasteiger partial charge in [0.25, 0.3) is 10.0 Å². The molecule has 0 bridgehead atoms. The molecule has 0 saturated carbocycles. The average molecular weight is 448 g/mol. The lowest BCUT2D eigenvalue weighted by atomic mass is 9.87. The van der Waals surface area contributed by atoms with E-state index in [2.05, 4.69) is 35.5 Å². The van der Waals surface area contributed by atoms with Crippen molar-refractivity contribution >= 4 is 27.0 Å². The van der Waals surface area contributed by atoms with Crippen LogP contribution < -0.4 is 14.2 Å². The van der Waals surface area contributed by atoms with Gasteiger partial charge in [-0.2, -0.15) is 9.97 Å². The minimum absolute atomic E-state index is 0.0388. The second-order valence-electron chi connectivity index (χ2n) is 7.73. The summed E-state index contributed by atoms with van der Waals surface area (Å²) in [6.07, 6.45) is 0.431. The largest absolute Gasteiger partial charge is 0.481 e. The third-order valence-corrected chi connectivity index (χ3v) is 6.75. The normalized spacial score (nSPS) is 11.9. The number of benzene rings is 1. The van der Waals surface area contributed by atoms with E-state index in [1.54, 1.807) is 29.6 Å². The van der Waals surface area contributed by atoms with Gasteiger partial charge in [0.2, 0.25) is 11.8 Å². The highest BCUT2D eigenvalue weighted by Gasteiger charge is 2.18. The maximum Gasteiger partial charge on any atom is 0.261 e. The van der Waals surface area contributed by atoms with Crippen molar-refractivity contribution in [1.82, 2.24) is 9.97 Å². The van der Waals surface area contributed by atoms with E-state index in [9.17, 15) is 8.42 Å². The number of hydrogen-bond donors (Lipinski definition) is 1. The van der Waals surface area contributed by atoms with Crippen molar-refractivity contribution in [2.24, 2.45) is 0 Å². The van der Waals surface area contributed by atoms with Crippen LogP contribution in [-0.2, 0) is 21.9 Å². The molecule has 0 saturated heterocycles. The van der Waals surface area contributed by atoms with Gasteiger partial charge < -0.3 is 9.47 Å². The van der Waals surface area contributed by atoms with Crippen LogP contribution in [0.4, 0.5) is 5.69 Å². The number of methoxy groups -OCH3 is 2. The summed E-state index contributed by atoms with van der Waals surface area (Å²) in [5.74, 6) is 1.35. The molecule has 0 amide bonds. The summed E-state index contributed by atoms with van der Waals surface area (Å²) in [6, 6.07) is 10.3. The van der Waals surface area contributed by atoms with E-state index in [0.29, 0.717) is 29.7 Å². The summed E-state index contributed by atoms with van der Waals surface area (Å²) in [6.45, 7) is 6.26. The number of nitrogens with one attached hydrogen (secondary N) is 1. The molecule has 0 spiro atoms. The van der Waals surface area contributed by atoms with Gasteiger partial charge in [-0.05, 0) is 29.2 Å². The predicted octanol–water partition coefficient (Wildman–Crippen LogP) is 4.24. The molecule has 9 heteroatoms. The second-order valence-corrected chi connectivity index (χ2v) is 10.4. The van der Waals surface area contributed by atoms with Crippen molar-refractivity contribution < 1.29 is 17.9 Å². The highest BCUT2D eigenvalue weighted by molar-refractivity contribution is 7.92. The zero-order valence-corrected chi connectivity index (χ0v) is 19.2. The SMILES string of the molecule is COc1cc(OC)nc(Cc2cc(NS(=O)(=O)c3ccc(C(C)(C)C)cc3)cs2)n1. The number of sulfonamides is 1. The number of nitrogens with zero attached hydrogens (tertiary/aromatic N) is 2. The third-order valence-electron chi connectivity index (χ3n) is 4.41. The second kappa shape index (κ2) is 8.61. The predicted molar refractivity (Wildman–Crippen MR) is 118 cm³/mol. The van der Waals surface area contributed by atoms with Crippen LogP contribution in [0, 0.1) is 0 Å². The van der Waals surface area contributed by atoms with Crippen LogP contribution in [0.2, 0.25) is 0 Å². The van der Waals surface area contributed by atoms with Crippen LogP contribution in [0.5, 0.6) is 11.8 Å². The lowest BCUT2D eigenvalue weighted by Gasteiger charge is -2.19. The zero-order valence-electron chi connectivity index (χ0n) is 17.6. The van der Waals surface area contributed by atoms with Gasteiger partial charge in [0, 0.05) is 16.7 Å². The van der Waals surface area contributed by atoms with Crippen LogP contribution >= 0.6 is 11.3 Å². The Labute approximate surface area is 181 Å². The topological polar surface area (TPSA) is 90.4 Å². The molecular weight excluding hydrogens is 422 g/mol. The maximum atomic E-state index is 12.7. The van der Waals surface area contributed by atoms with Crippen LogP contribution in [-0.4, -0.2) is 32.6 Å². The van der Waals surface area contributed by atoms with Crippen LogP contribution in [0.3, 0.4) is 0 Å². The van der Waals surface area contributed by atoms with E-state index in [1.807, 2.05) is 12.1 Å². The summed E-state index contributed by atoms with van der Waals surface area (Å²) in [5.41, 5.74) is 1.54. The standard InChI is InChI=1S/C21H25N3O4S2/c1-21(2,3)14-6-8-17(9-7-14)30(25,26)24-15-10-16(29-13-15)11-18-22-19(27-4)12-20(23-18)28-5/h6-10,12-13,24H,11H2,1-5H3. The monoisotopic (exact) mass is 447 g/mol. The molecule has 160 valence electrons. The first kappa shape index (κ1) is 22.0. The van der Waals surface area contributed by atoms with Gasteiger partial charge in [-0.1, -0.05) is 32.9 Å². The summed E-state index contributed by atoms with van der Waals surface area (Å²) in [7, 11) is -0.620. The van der Waals surface area contributed by atoms with Gasteiger partial charge in [0.15, 0.2) is 0 Å². The molecule has 7 nitrogen and oxygen atoms in total. The molecule has 30 heavy (non-hydrogen) atoms. The number of aromatic nitrogens is 2. The lowest BCUT2D eigenvalue weighted by molar-refractivity contribution is 0.369. The lowest BCUT2D eigenvalue weighted by Crippen LogP contribution is -2.14. The highest BCUT2D eigenvalue weighted by Crippen LogP contribution is 2.27. The summed E-state index contributed by atoms with van der Waals surface area (Å²) < 4.78 is 38.4. The molecule has 0 fully saturated rings. The molecule has 0 radical (unpaired) electrons. The van der Waals surface area contributed by atoms with Gasteiger partial charge in [-0.25, -0.2) is 8.42 Å². The Morgan fingerprint density at radius 3 is 2.13 bits per heavy atom. The Bertz CT molecular complexity index is 1100. The van der Waals surface area contributed by atoms with E-state index >= 15 is 0 Å². The van der Waals surface area contributed by atoms with E-state index < -0.39 is 10.0 Å². The van der Waals surface area contributed by atoms with Crippen LogP contribution in [0.15, 0.2) is 46.7 Å². The molecule has 0 aliphatic heterocycles. The van der Waals surface area contributed by atoms with Crippen molar-refractivity contribution in [3.05, 3.63) is 58.0 Å². The van der Waals surface area contributed by atoms with Gasteiger partial charge in [0.1, 0.15) is 5.82 Å². The Morgan fingerprint density at radius 1 is 1.00 bits per heavy atom. The van der Waals surface area contributed by atoms with E-state index in [1.165, 1.54) is 25.6 Å². The number of anilines is 1. The Morgan fingerprint density at radius 2 is 1.60 bits per heavy atom. The first-order valence-corrected chi connectivity index (χ1v) is 11.6. The van der Waals surface area contributed by atoms with E-state index in [-0.39, 0.29) is 10.3 Å². The van der Waals surface area contributed by atoms with Crippen molar-refractivity contribution in [3.8, 4) is 11.8 Å². The first-order valence-electron chi connectivity index (χ1n) is 9.27. The molecule has 1 N–H and O–H groups in total. The van der Waals surface area contributed by atoms with Gasteiger partial charge in [0.05, 0.1) is 30.9 Å². The van der Waals surface area contributed by atoms with Crippen molar-refractivity contribution in [2.45, 2.75) is 37.5 Å². The number of ether oxygens (including phenoxy) is 2. The first-order chi connectivity index (χ1) is 14.1. The van der Waals surface area contributed by atoms with Crippen molar-refractivity contribution in [2.75, 3.05) is 18.9 Å². The molecule has 1 aromatic carbocycles. The Balaban J connectivity index is 1.75. The van der Waals surface area contributed by atoms with Crippen molar-refractivity contribution in [1.29, 1.82) is 0 Å². The van der Waals surface area contributed by atoms with E-state index in [4.69, 9.17) is 9.47 Å². The number of thiophene rings is 1. The highest BCUT2D eigenvalue weighted by atomic mass is 32.2. The molecule has 0 aliphatic rings. The number of rotatable bonds is 7. The quantitative estimate of drug-likeness (QED) is 0.582. The van der Waals surface area contributed by atoms with Crippen LogP contribution in [0.25, 0.3) is 0 Å². The molecule has 0 aliphatic carbocycles. The fourth-order valence-electron chi connectivity index (χ4n) is 2.77. The molecule has 3 rings (SSSR count). The minimum atomic E-state index is -3.67. The molecule has 2 aromatic heterocycles.